The van der Waals surface area contributed by atoms with Crippen molar-refractivity contribution in [2.75, 3.05) is 12.3 Å². The first-order valence-electron chi connectivity index (χ1n) is 17.3. The number of carbonyl (C=O) groups excluding carboxylic acids is 6. The predicted octanol–water partition coefficient (Wildman–Crippen LogP) is -0.925. The number of nitrogens with one attached hydrogen (secondary N) is 6. The van der Waals surface area contributed by atoms with Crippen LogP contribution in [-0.2, 0) is 46.5 Å². The number of rotatable bonds is 22. The Labute approximate surface area is 316 Å². The number of primary amides is 1. The van der Waals surface area contributed by atoms with Crippen molar-refractivity contribution >= 4 is 52.8 Å². The number of anilines is 1. The Bertz CT molecular complexity index is 1740. The van der Waals surface area contributed by atoms with Gasteiger partial charge in [0, 0.05) is 31.1 Å². The fourth-order valence-electron chi connectivity index (χ4n) is 5.15. The van der Waals surface area contributed by atoms with Crippen molar-refractivity contribution in [3.05, 3.63) is 63.7 Å². The Kier molecular flexibility index (Phi) is 17.5. The van der Waals surface area contributed by atoms with Gasteiger partial charge >= 0.3 is 11.7 Å². The van der Waals surface area contributed by atoms with E-state index in [0.717, 1.165) is 17.7 Å². The summed E-state index contributed by atoms with van der Waals surface area (Å²) in [6.45, 7) is 6.26. The van der Waals surface area contributed by atoms with Crippen LogP contribution in [0.1, 0.15) is 58.1 Å². The lowest BCUT2D eigenvalue weighted by Gasteiger charge is -2.24. The van der Waals surface area contributed by atoms with Gasteiger partial charge in [-0.1, -0.05) is 38.1 Å². The number of carboxylic acids is 1. The lowest BCUT2D eigenvalue weighted by Crippen LogP contribution is -2.56. The number of carbonyl (C=O) groups is 7. The standard InChI is InChI=1S/C35H49N9O11/c1-18(2)13-25(38-16-22-7-5-6-8-23(22)36)34(52)41-20(4)33(51)40-19(3)32(50)39-17-29(46)42-26(14-21-9-11-28(45)27(15-21)44(54)55)35(53)43-24(31(37)49)10-12-30(47)48/h5-9,11,15,18-20,24-26,38,45H,10,12-14,16-17,36H2,1-4H3,(H2,37,49)(H,39,50)(H,40,51)(H,41,52)(H,42,46)(H,43,53)(H,47,48)/t19-,20-,24-,25-,26-/m0/s1. The minimum Gasteiger partial charge on any atom is -0.502 e. The third-order valence-corrected chi connectivity index (χ3v) is 8.18. The highest BCUT2D eigenvalue weighted by Crippen LogP contribution is 2.27. The number of carboxylic acid groups (broad SMARTS) is 1. The highest BCUT2D eigenvalue weighted by atomic mass is 16.6. The maximum absolute atomic E-state index is 13.2. The first kappa shape index (κ1) is 44.8. The van der Waals surface area contributed by atoms with Crippen LogP contribution in [0.3, 0.4) is 0 Å². The van der Waals surface area contributed by atoms with Crippen molar-refractivity contribution in [1.29, 1.82) is 0 Å². The van der Waals surface area contributed by atoms with Crippen molar-refractivity contribution in [2.45, 2.75) is 90.1 Å². The van der Waals surface area contributed by atoms with Crippen LogP contribution < -0.4 is 43.4 Å². The maximum Gasteiger partial charge on any atom is 0.310 e. The average Bonchev–Trinajstić information content (AvgIpc) is 3.10. The molecule has 12 N–H and O–H groups in total. The molecule has 0 radical (unpaired) electrons. The quantitative estimate of drug-likeness (QED) is 0.0394. The number of nitrogens with zero attached hydrogens (tertiary/aromatic N) is 1. The van der Waals surface area contributed by atoms with E-state index in [9.17, 15) is 48.8 Å². The largest absolute Gasteiger partial charge is 0.502 e. The second-order valence-electron chi connectivity index (χ2n) is 13.2. The fourth-order valence-corrected chi connectivity index (χ4v) is 5.15. The highest BCUT2D eigenvalue weighted by molar-refractivity contribution is 5.95. The smallest absolute Gasteiger partial charge is 0.310 e. The van der Waals surface area contributed by atoms with E-state index in [1.54, 1.807) is 12.1 Å². The van der Waals surface area contributed by atoms with E-state index in [0.29, 0.717) is 18.7 Å². The van der Waals surface area contributed by atoms with E-state index in [1.165, 1.54) is 19.9 Å². The molecule has 0 bridgehead atoms. The van der Waals surface area contributed by atoms with E-state index >= 15 is 0 Å². The topological polar surface area (TPSA) is 327 Å². The maximum atomic E-state index is 13.2. The van der Waals surface area contributed by atoms with Crippen LogP contribution in [0.25, 0.3) is 0 Å². The van der Waals surface area contributed by atoms with E-state index in [4.69, 9.17) is 16.6 Å². The normalized spacial score (nSPS) is 13.6. The number of aromatic hydroxyl groups is 1. The molecule has 0 spiro atoms. The number of phenolic OH excluding ortho intramolecular Hbond substituents is 1. The Morgan fingerprint density at radius 2 is 1.44 bits per heavy atom. The van der Waals surface area contributed by atoms with Crippen LogP contribution in [0, 0.1) is 16.0 Å². The number of hydrogen-bond acceptors (Lipinski definition) is 12. The molecule has 5 atom stereocenters. The van der Waals surface area contributed by atoms with E-state index < -0.39 is 107 Å². The summed E-state index contributed by atoms with van der Waals surface area (Å²) >= 11 is 0. The first-order chi connectivity index (χ1) is 25.8. The number of nitrogens with two attached hydrogens (primary N) is 2. The number of para-hydroxylation sites is 1. The first-order valence-corrected chi connectivity index (χ1v) is 17.3. The average molecular weight is 772 g/mol. The molecule has 0 saturated carbocycles. The zero-order valence-electron chi connectivity index (χ0n) is 30.9. The molecule has 0 fully saturated rings. The number of nitro groups is 1. The molecule has 0 unspecified atom stereocenters. The molecule has 0 aliphatic rings. The van der Waals surface area contributed by atoms with Gasteiger partial charge in [0.05, 0.1) is 17.5 Å². The van der Waals surface area contributed by atoms with Gasteiger partial charge in [0.25, 0.3) is 0 Å². The van der Waals surface area contributed by atoms with Gasteiger partial charge in [0.2, 0.25) is 35.4 Å². The summed E-state index contributed by atoms with van der Waals surface area (Å²) in [6.07, 6.45) is -0.840. The molecular formula is C35H49N9O11. The highest BCUT2D eigenvalue weighted by Gasteiger charge is 2.29. The zero-order valence-corrected chi connectivity index (χ0v) is 30.9. The second kappa shape index (κ2) is 21.4. The Morgan fingerprint density at radius 3 is 2.04 bits per heavy atom. The molecular weight excluding hydrogens is 722 g/mol. The third-order valence-electron chi connectivity index (χ3n) is 8.18. The van der Waals surface area contributed by atoms with Gasteiger partial charge in [-0.3, -0.25) is 43.7 Å². The summed E-state index contributed by atoms with van der Waals surface area (Å²) in [5.74, 6) is -6.71. The van der Waals surface area contributed by atoms with Gasteiger partial charge in [0.1, 0.15) is 24.2 Å². The Hall–Kier alpha value is -6.31. The second-order valence-corrected chi connectivity index (χ2v) is 13.2. The Balaban J connectivity index is 2.04. The number of hydrogen-bond donors (Lipinski definition) is 10. The molecule has 20 heteroatoms. The van der Waals surface area contributed by atoms with Crippen LogP contribution >= 0.6 is 0 Å². The summed E-state index contributed by atoms with van der Waals surface area (Å²) in [5.41, 5.74) is 12.1. The summed E-state index contributed by atoms with van der Waals surface area (Å²) < 4.78 is 0. The molecule has 6 amide bonds. The number of nitro benzene ring substituents is 1. The molecule has 2 aromatic rings. The van der Waals surface area contributed by atoms with Crippen LogP contribution in [-0.4, -0.2) is 93.3 Å². The molecule has 2 aromatic carbocycles. The Morgan fingerprint density at radius 1 is 0.818 bits per heavy atom. The minimum atomic E-state index is -1.53. The van der Waals surface area contributed by atoms with Gasteiger partial charge in [-0.25, -0.2) is 0 Å². The van der Waals surface area contributed by atoms with Crippen molar-refractivity contribution < 1.29 is 48.7 Å². The molecule has 0 aliphatic heterocycles. The van der Waals surface area contributed by atoms with Gasteiger partial charge in [-0.15, -0.1) is 0 Å². The molecule has 20 nitrogen and oxygen atoms in total. The van der Waals surface area contributed by atoms with Crippen molar-refractivity contribution in [3.8, 4) is 5.75 Å². The van der Waals surface area contributed by atoms with Crippen LogP contribution in [0.5, 0.6) is 5.75 Å². The minimum absolute atomic E-state index is 0.111. The van der Waals surface area contributed by atoms with Crippen LogP contribution in [0.2, 0.25) is 0 Å². The molecule has 0 heterocycles. The van der Waals surface area contributed by atoms with Gasteiger partial charge in [0.15, 0.2) is 5.75 Å². The number of aliphatic carboxylic acids is 1. The van der Waals surface area contributed by atoms with Gasteiger partial charge in [-0.05, 0) is 55.9 Å². The van der Waals surface area contributed by atoms with Crippen molar-refractivity contribution in [3.63, 3.8) is 0 Å². The number of phenols is 1. The number of benzene rings is 2. The molecule has 0 saturated heterocycles. The van der Waals surface area contributed by atoms with Gasteiger partial charge in [-0.2, -0.15) is 0 Å². The van der Waals surface area contributed by atoms with E-state index in [1.807, 2.05) is 26.0 Å². The van der Waals surface area contributed by atoms with E-state index in [2.05, 4.69) is 31.9 Å². The summed E-state index contributed by atoms with van der Waals surface area (Å²) in [5, 5.41) is 45.3. The van der Waals surface area contributed by atoms with Gasteiger partial charge < -0.3 is 53.6 Å². The number of nitrogen functional groups attached to an aromatic ring is 1. The van der Waals surface area contributed by atoms with Crippen molar-refractivity contribution in [2.24, 2.45) is 11.7 Å². The summed E-state index contributed by atoms with van der Waals surface area (Å²) in [6, 6.07) is 4.55. The zero-order chi connectivity index (χ0) is 41.4. The number of amides is 6. The lowest BCUT2D eigenvalue weighted by atomic mass is 10.0. The van der Waals surface area contributed by atoms with Crippen molar-refractivity contribution in [1.82, 2.24) is 31.9 Å². The molecule has 0 aromatic heterocycles. The van der Waals surface area contributed by atoms with Crippen LogP contribution in [0.15, 0.2) is 42.5 Å². The monoisotopic (exact) mass is 771 g/mol. The SMILES string of the molecule is CC(C)C[C@H](NCc1ccccc1N)C(=O)N[C@@H](C)C(=O)N[C@@H](C)C(=O)NCC(=O)N[C@@H](Cc1ccc(O)c([N+](=O)[O-])c1)C(=O)N[C@@H](CCC(=O)O)C(N)=O. The molecule has 0 aliphatic carbocycles. The molecule has 2 rings (SSSR count). The van der Waals surface area contributed by atoms with Crippen LogP contribution in [0.4, 0.5) is 11.4 Å². The third kappa shape index (κ3) is 15.3. The molecule has 300 valence electrons. The van der Waals surface area contributed by atoms with E-state index in [-0.39, 0.29) is 17.9 Å². The summed E-state index contributed by atoms with van der Waals surface area (Å²) in [4.78, 5) is 98.4. The lowest BCUT2D eigenvalue weighted by molar-refractivity contribution is -0.385. The summed E-state index contributed by atoms with van der Waals surface area (Å²) in [7, 11) is 0. The predicted molar refractivity (Wildman–Crippen MR) is 198 cm³/mol. The fraction of sp³-hybridized carbons (Fsp3) is 0.457. The molecule has 55 heavy (non-hydrogen) atoms.